The Bertz CT molecular complexity index is 4130. The van der Waals surface area contributed by atoms with Crippen LogP contribution in [0.1, 0.15) is 253 Å². The minimum absolute atomic E-state index is 0. The van der Waals surface area contributed by atoms with Crippen molar-refractivity contribution in [2.24, 2.45) is 10.9 Å². The van der Waals surface area contributed by atoms with Crippen molar-refractivity contribution in [1.82, 2.24) is 24.9 Å². The van der Waals surface area contributed by atoms with Gasteiger partial charge in [-0.05, 0) is 217 Å². The Hall–Kier alpha value is -9.17. The van der Waals surface area contributed by atoms with Crippen molar-refractivity contribution in [2.45, 2.75) is 192 Å². The predicted molar refractivity (Wildman–Crippen MR) is 504 cm³/mol. The second-order valence-electron chi connectivity index (χ2n) is 30.7. The first kappa shape index (κ1) is 121. The van der Waals surface area contributed by atoms with Crippen LogP contribution in [0, 0.1) is 0 Å². The highest BCUT2D eigenvalue weighted by molar-refractivity contribution is 9.11. The van der Waals surface area contributed by atoms with Gasteiger partial charge in [-0.15, -0.1) is 0 Å². The Labute approximate surface area is 763 Å². The number of nitrogens with two attached hydrogens (primary N) is 1. The molecule has 0 saturated carbocycles. The minimum Gasteiger partial charge on any atom is -0.462 e. The maximum Gasteiger partial charge on any atom is 0.410 e. The number of halogens is 3. The molecule has 0 bridgehead atoms. The summed E-state index contributed by atoms with van der Waals surface area (Å²) >= 11 is 9.93. The number of aliphatic hydroxyl groups is 3. The van der Waals surface area contributed by atoms with Crippen molar-refractivity contribution in [3.8, 4) is 0 Å². The van der Waals surface area contributed by atoms with Crippen molar-refractivity contribution < 1.29 is 102 Å². The van der Waals surface area contributed by atoms with Gasteiger partial charge in [-0.2, -0.15) is 9.90 Å². The van der Waals surface area contributed by atoms with Gasteiger partial charge < -0.3 is 79.6 Å². The van der Waals surface area contributed by atoms with Crippen molar-refractivity contribution in [3.05, 3.63) is 209 Å². The maximum atomic E-state index is 12.1. The summed E-state index contributed by atoms with van der Waals surface area (Å²) < 4.78 is 33.8. The molecule has 0 saturated heterocycles. The minimum atomic E-state index is -0.567. The highest BCUT2D eigenvalue weighted by atomic mass is 79.9. The fraction of sp³-hybridized carbons (Fsp3) is 0.478. The summed E-state index contributed by atoms with van der Waals surface area (Å²) in [6, 6.07) is 41.8. The standard InChI is InChI=1S/C18H26N2O5.C18H28N2O4.C17H23NO4.C15H20BrNO3.C10H12BrNO.C8H7BrO.3C2H6O.H3P/c1-6-24-16(21)14-9-7-13(8-10-14)15(19-23)11-12-20(5)17(22)25-18(2,3)4;1-6-23-16(21)14-9-7-13(8-10-14)15(19)11-12-20(5)17(22)24-18(2,3)4;1-12(19)13-6-8-14(9-7-13)15(20)10-11-18(5)16(21)22-17(2,3)4;1-15(2,3)20-14(19)17(4)10-9-13(18)11-5-7-12(16)8-6-11;1-12-7-6-10(13)8-2-4-9(11)5-3-8;1-6(10)7-2-4-8(9)5-3-7;3*1-2-3;/h7-10,23H,6,11-12H2,1-5H3;7-10,15H,6,11-12,19H2,1-5H3;6-9H,10-11H2,1-5H3;5-8H,9-10H2,1-4H3;2-5,12H,6-7H2,1H3;2-5H,1H3;3*3H,2H2,1H3;1H3/b19-15-;;;;;;;;;. The molecule has 2 atom stereocenters. The molecule has 0 aromatic heterocycles. The molecule has 692 valence electrons. The van der Waals surface area contributed by atoms with Gasteiger partial charge >= 0.3 is 36.3 Å². The number of amides is 4. The van der Waals surface area contributed by atoms with Gasteiger partial charge in [0.25, 0.3) is 0 Å². The molecule has 6 rings (SSSR count). The van der Waals surface area contributed by atoms with Gasteiger partial charge in [-0.3, -0.25) is 24.0 Å². The second kappa shape index (κ2) is 65.4. The third kappa shape index (κ3) is 58.9. The lowest BCUT2D eigenvalue weighted by molar-refractivity contribution is 0.0284. The topological polar surface area (TPSA) is 387 Å². The number of Topliss-reactive ketones (excluding diaryl/α,β-unsaturated/α-hetero) is 5. The number of carbonyl (C=O) groups excluding carboxylic acids is 11. The second-order valence-corrected chi connectivity index (χ2v) is 33.5. The van der Waals surface area contributed by atoms with Crippen LogP contribution in [0.4, 0.5) is 19.2 Å². The summed E-state index contributed by atoms with van der Waals surface area (Å²) in [6.45, 7) is 36.8. The van der Waals surface area contributed by atoms with Crippen molar-refractivity contribution in [2.75, 3.05) is 101 Å². The largest absolute Gasteiger partial charge is 0.462 e. The van der Waals surface area contributed by atoms with Crippen LogP contribution in [0.25, 0.3) is 0 Å². The molecule has 0 aliphatic rings. The van der Waals surface area contributed by atoms with Crippen LogP contribution in [-0.4, -0.2) is 234 Å². The van der Waals surface area contributed by atoms with Crippen LogP contribution in [0.2, 0.25) is 0 Å². The number of hydrogen-bond acceptors (Lipinski definition) is 24. The summed E-state index contributed by atoms with van der Waals surface area (Å²) in [4.78, 5) is 134. The number of carbonyl (C=O) groups is 11. The van der Waals surface area contributed by atoms with Gasteiger partial charge in [0.1, 0.15) is 22.4 Å². The summed E-state index contributed by atoms with van der Waals surface area (Å²) in [5.41, 5.74) is 10.2. The van der Waals surface area contributed by atoms with Crippen LogP contribution in [0.5, 0.6) is 0 Å². The predicted octanol–water partition coefficient (Wildman–Crippen LogP) is 18.6. The smallest absolute Gasteiger partial charge is 0.410 e. The molecular formula is C92H137Br3N7O21P. The molecule has 4 amide bonds. The van der Waals surface area contributed by atoms with E-state index in [1.165, 1.54) is 26.5 Å². The number of ether oxygens (including phenoxy) is 6. The van der Waals surface area contributed by atoms with Crippen LogP contribution < -0.4 is 11.1 Å². The van der Waals surface area contributed by atoms with Crippen LogP contribution in [-0.2, 0) is 28.4 Å². The zero-order valence-electron chi connectivity index (χ0n) is 76.9. The first-order valence-electron chi connectivity index (χ1n) is 40.0. The number of hydrogen-bond donors (Lipinski definition) is 6. The van der Waals surface area contributed by atoms with E-state index in [0.29, 0.717) is 91.2 Å². The lowest BCUT2D eigenvalue weighted by Gasteiger charge is -2.25. The number of nitrogens with zero attached hydrogens (tertiary/aromatic N) is 5. The molecule has 0 spiro atoms. The van der Waals surface area contributed by atoms with Gasteiger partial charge in [-0.1, -0.05) is 138 Å². The monoisotopic (exact) mass is 1940 g/mol. The van der Waals surface area contributed by atoms with Gasteiger partial charge in [0.2, 0.25) is 0 Å². The van der Waals surface area contributed by atoms with Gasteiger partial charge in [-0.25, -0.2) is 28.8 Å². The fourth-order valence-electron chi connectivity index (χ4n) is 8.90. The average Bonchev–Trinajstić information content (AvgIpc) is 0.862. The van der Waals surface area contributed by atoms with Gasteiger partial charge in [0, 0.05) is 154 Å². The zero-order chi connectivity index (χ0) is 95.0. The number of nitrogens with one attached hydrogen (secondary N) is 1. The van der Waals surface area contributed by atoms with E-state index < -0.39 is 46.7 Å². The van der Waals surface area contributed by atoms with E-state index in [0.717, 1.165) is 36.7 Å². The summed E-state index contributed by atoms with van der Waals surface area (Å²) in [6.07, 6.45) is 0.285. The third-order valence-corrected chi connectivity index (χ3v) is 16.7. The Morgan fingerprint density at radius 1 is 0.387 bits per heavy atom. The van der Waals surface area contributed by atoms with E-state index in [1.54, 1.807) is 196 Å². The summed E-state index contributed by atoms with van der Waals surface area (Å²) in [7, 11) is 8.37. The highest BCUT2D eigenvalue weighted by Gasteiger charge is 2.25. The fourth-order valence-corrected chi connectivity index (χ4v) is 9.69. The van der Waals surface area contributed by atoms with E-state index in [2.05, 4.69) is 58.3 Å². The summed E-state index contributed by atoms with van der Waals surface area (Å²) in [5.74, 6) is -0.570. The maximum absolute atomic E-state index is 12.1. The molecule has 124 heavy (non-hydrogen) atoms. The molecular weight excluding hydrogens is 1810 g/mol. The Kier molecular flexibility index (Phi) is 63.9. The Balaban J connectivity index is -0.000000693. The molecule has 0 aliphatic carbocycles. The van der Waals surface area contributed by atoms with E-state index in [9.17, 15) is 57.9 Å². The SMILES string of the molecule is CC(=O)c1ccc(Br)cc1.CC(=O)c1ccc(C(=O)CCN(C)C(=O)OC(C)(C)C)cc1.CCO.CCO.CCO.CCOC(=O)c1ccc(/C(CCN(C)C(=O)OC(C)(C)C)=N\O)cc1.CCOC(=O)c1ccc(C(N)CCN(C)C(=O)OC(C)(C)C)cc1.CN(CCC(=O)c1ccc(Br)cc1)C(=O)OC(C)(C)C.CNCCC(=O)c1ccc(Br)cc1.P. The lowest BCUT2D eigenvalue weighted by Crippen LogP contribution is -2.35. The van der Waals surface area contributed by atoms with E-state index in [-0.39, 0.29) is 96.1 Å². The average molecular weight is 1950 g/mol. The van der Waals surface area contributed by atoms with Crippen LogP contribution in [0.15, 0.2) is 164 Å². The Morgan fingerprint density at radius 3 is 0.887 bits per heavy atom. The number of rotatable bonds is 26. The van der Waals surface area contributed by atoms with Crippen molar-refractivity contribution in [1.29, 1.82) is 0 Å². The molecule has 0 fully saturated rings. The normalized spacial score (nSPS) is 10.8. The van der Waals surface area contributed by atoms with Crippen LogP contribution >= 0.6 is 57.7 Å². The van der Waals surface area contributed by atoms with Gasteiger partial charge in [0.05, 0.1) is 30.1 Å². The molecule has 28 nitrogen and oxygen atoms in total. The van der Waals surface area contributed by atoms with E-state index in [4.69, 9.17) is 49.5 Å². The number of ketones is 5. The van der Waals surface area contributed by atoms with E-state index in [1.807, 2.05) is 109 Å². The van der Waals surface area contributed by atoms with Gasteiger partial charge in [0.15, 0.2) is 28.9 Å². The first-order valence-corrected chi connectivity index (χ1v) is 42.4. The summed E-state index contributed by atoms with van der Waals surface area (Å²) in [5, 5.41) is 38.2. The molecule has 0 radical (unpaired) electrons. The third-order valence-electron chi connectivity index (χ3n) is 15.1. The molecule has 2 unspecified atom stereocenters. The number of oxime groups is 1. The number of aliphatic hydroxyl groups excluding tert-OH is 3. The molecule has 6 aromatic rings. The molecule has 0 heterocycles. The first-order chi connectivity index (χ1) is 57.3. The quantitative estimate of drug-likeness (QED) is 0.00558. The van der Waals surface area contributed by atoms with E-state index >= 15 is 0 Å². The molecule has 7 N–H and O–H groups in total. The van der Waals surface area contributed by atoms with Crippen molar-refractivity contribution in [3.63, 3.8) is 0 Å². The highest BCUT2D eigenvalue weighted by Crippen LogP contribution is 2.21. The van der Waals surface area contributed by atoms with Crippen LogP contribution in [0.3, 0.4) is 0 Å². The Morgan fingerprint density at radius 2 is 0.621 bits per heavy atom. The number of benzene rings is 6. The molecule has 32 heteroatoms. The molecule has 0 aliphatic heterocycles. The zero-order valence-corrected chi connectivity index (χ0v) is 83.1. The number of esters is 2. The lowest BCUT2D eigenvalue weighted by atomic mass is 10.0. The molecule has 6 aromatic carbocycles. The van der Waals surface area contributed by atoms with Crippen molar-refractivity contribution >= 4 is 129 Å².